The minimum Gasteiger partial charge on any atom is -0.293 e. The van der Waals surface area contributed by atoms with Gasteiger partial charge in [0.1, 0.15) is 5.41 Å². The van der Waals surface area contributed by atoms with Gasteiger partial charge in [0.25, 0.3) is 0 Å². The van der Waals surface area contributed by atoms with Gasteiger partial charge in [-0.15, -0.1) is 0 Å². The molecule has 1 aliphatic carbocycles. The highest BCUT2D eigenvalue weighted by Crippen LogP contribution is 2.45. The minimum absolute atomic E-state index is 0.0462. The van der Waals surface area contributed by atoms with Gasteiger partial charge in [-0.25, -0.2) is 0 Å². The van der Waals surface area contributed by atoms with Crippen LogP contribution in [-0.2, 0) is 5.41 Å². The molecule has 0 heterocycles. The van der Waals surface area contributed by atoms with E-state index in [4.69, 9.17) is 0 Å². The van der Waals surface area contributed by atoms with Crippen molar-refractivity contribution in [3.63, 3.8) is 0 Å². The van der Waals surface area contributed by atoms with Crippen molar-refractivity contribution >= 4 is 11.6 Å². The Kier molecular flexibility index (Phi) is 3.51. The van der Waals surface area contributed by atoms with Crippen molar-refractivity contribution in [3.05, 3.63) is 69.3 Å². The van der Waals surface area contributed by atoms with Crippen molar-refractivity contribution in [2.24, 2.45) is 0 Å². The first-order chi connectivity index (χ1) is 10.9. The second-order valence-corrected chi connectivity index (χ2v) is 6.60. The fourth-order valence-electron chi connectivity index (χ4n) is 4.11. The molecule has 0 fully saturated rings. The van der Waals surface area contributed by atoms with Gasteiger partial charge < -0.3 is 0 Å². The van der Waals surface area contributed by atoms with Crippen LogP contribution in [0.15, 0.2) is 30.3 Å². The Bertz CT molecular complexity index is 808. The van der Waals surface area contributed by atoms with E-state index in [1.54, 1.807) is 12.1 Å². The fraction of sp³-hybridized carbons (Fsp3) is 0.333. The van der Waals surface area contributed by atoms with Gasteiger partial charge >= 0.3 is 0 Å². The summed E-state index contributed by atoms with van der Waals surface area (Å²) in [6, 6.07) is 9.31. The van der Waals surface area contributed by atoms with E-state index in [0.29, 0.717) is 17.5 Å². The number of rotatable bonds is 2. The Hall–Kier alpha value is -2.22. The van der Waals surface area contributed by atoms with E-state index < -0.39 is 5.41 Å². The fourth-order valence-corrected chi connectivity index (χ4v) is 4.11. The number of benzene rings is 2. The molecule has 0 atom stereocenters. The maximum absolute atomic E-state index is 13.2. The molecule has 0 spiro atoms. The van der Waals surface area contributed by atoms with Crippen molar-refractivity contribution in [2.75, 3.05) is 0 Å². The molecule has 0 aromatic heterocycles. The Morgan fingerprint density at radius 3 is 1.83 bits per heavy atom. The zero-order valence-electron chi connectivity index (χ0n) is 14.4. The van der Waals surface area contributed by atoms with Gasteiger partial charge in [-0.2, -0.15) is 0 Å². The van der Waals surface area contributed by atoms with Crippen molar-refractivity contribution in [3.8, 4) is 0 Å². The smallest absolute Gasteiger partial charge is 0.181 e. The lowest BCUT2D eigenvalue weighted by molar-refractivity contribution is 0.0787. The molecule has 0 saturated carbocycles. The van der Waals surface area contributed by atoms with Crippen LogP contribution in [0.1, 0.15) is 61.9 Å². The number of ketones is 2. The van der Waals surface area contributed by atoms with Gasteiger partial charge in [-0.1, -0.05) is 37.3 Å². The Labute approximate surface area is 137 Å². The Balaban J connectivity index is 2.37. The lowest BCUT2D eigenvalue weighted by atomic mass is 9.69. The molecule has 3 rings (SSSR count). The molecule has 0 bridgehead atoms. The number of carbonyl (C=O) groups is 2. The summed E-state index contributed by atoms with van der Waals surface area (Å²) in [4.78, 5) is 26.5. The summed E-state index contributed by atoms with van der Waals surface area (Å²) in [6.45, 7) is 10.1. The van der Waals surface area contributed by atoms with E-state index in [2.05, 4.69) is 19.9 Å². The monoisotopic (exact) mass is 306 g/mol. The van der Waals surface area contributed by atoms with Gasteiger partial charge in [0.05, 0.1) is 0 Å². The third-order valence-corrected chi connectivity index (χ3v) is 5.51. The van der Waals surface area contributed by atoms with Crippen LogP contribution in [0, 0.1) is 27.7 Å². The first-order valence-electron chi connectivity index (χ1n) is 8.12. The van der Waals surface area contributed by atoms with E-state index >= 15 is 0 Å². The molecule has 1 aliphatic rings. The highest BCUT2D eigenvalue weighted by Gasteiger charge is 2.53. The quantitative estimate of drug-likeness (QED) is 0.757. The summed E-state index contributed by atoms with van der Waals surface area (Å²) in [7, 11) is 0. The molecule has 2 nitrogen and oxygen atoms in total. The summed E-state index contributed by atoms with van der Waals surface area (Å²) in [6.07, 6.45) is 0.490. The first-order valence-corrected chi connectivity index (χ1v) is 8.12. The van der Waals surface area contributed by atoms with E-state index in [1.807, 2.05) is 32.9 Å². The predicted molar refractivity (Wildman–Crippen MR) is 92.5 cm³/mol. The van der Waals surface area contributed by atoms with Gasteiger partial charge in [-0.3, -0.25) is 9.59 Å². The first kappa shape index (κ1) is 15.7. The SMILES string of the molecule is CCC1(c2c(C)cc(C)c(C)c2C)C(=O)c2ccccc2C1=O. The second-order valence-electron chi connectivity index (χ2n) is 6.60. The summed E-state index contributed by atoms with van der Waals surface area (Å²) < 4.78 is 0. The van der Waals surface area contributed by atoms with Crippen LogP contribution in [0.3, 0.4) is 0 Å². The lowest BCUT2D eigenvalue weighted by Gasteiger charge is -2.30. The topological polar surface area (TPSA) is 34.1 Å². The standard InChI is InChI=1S/C21H22O2/c1-6-21(18-13(3)11-12(2)14(4)15(18)5)19(22)16-9-7-8-10-17(16)20(21)23/h7-11H,6H2,1-5H3. The third kappa shape index (κ3) is 1.87. The predicted octanol–water partition coefficient (Wildman–Crippen LogP) is 4.65. The maximum atomic E-state index is 13.2. The number of Topliss-reactive ketones (excluding diaryl/α,β-unsaturated/α-hetero) is 2. The molecule has 118 valence electrons. The highest BCUT2D eigenvalue weighted by atomic mass is 16.2. The van der Waals surface area contributed by atoms with Crippen molar-refractivity contribution in [1.29, 1.82) is 0 Å². The van der Waals surface area contributed by atoms with Gasteiger partial charge in [0.2, 0.25) is 0 Å². The summed E-state index contributed by atoms with van der Waals surface area (Å²) >= 11 is 0. The normalized spacial score (nSPS) is 15.9. The minimum atomic E-state index is -1.06. The van der Waals surface area contributed by atoms with E-state index in [0.717, 1.165) is 22.3 Å². The van der Waals surface area contributed by atoms with Crippen molar-refractivity contribution < 1.29 is 9.59 Å². The lowest BCUT2D eigenvalue weighted by Crippen LogP contribution is -2.39. The largest absolute Gasteiger partial charge is 0.293 e. The van der Waals surface area contributed by atoms with E-state index in [9.17, 15) is 9.59 Å². The molecule has 0 unspecified atom stereocenters. The molecule has 0 amide bonds. The van der Waals surface area contributed by atoms with Crippen LogP contribution >= 0.6 is 0 Å². The average molecular weight is 306 g/mol. The van der Waals surface area contributed by atoms with Crippen molar-refractivity contribution in [2.45, 2.75) is 46.5 Å². The third-order valence-electron chi connectivity index (χ3n) is 5.51. The molecule has 2 heteroatoms. The second kappa shape index (κ2) is 5.16. The molecule has 0 saturated heterocycles. The van der Waals surface area contributed by atoms with E-state index in [1.165, 1.54) is 5.56 Å². The Morgan fingerprint density at radius 2 is 1.35 bits per heavy atom. The zero-order valence-corrected chi connectivity index (χ0v) is 14.4. The highest BCUT2D eigenvalue weighted by molar-refractivity contribution is 6.33. The molecule has 0 N–H and O–H groups in total. The van der Waals surface area contributed by atoms with Gasteiger partial charge in [-0.05, 0) is 61.9 Å². The molecular weight excluding hydrogens is 284 g/mol. The summed E-state index contributed by atoms with van der Waals surface area (Å²) in [5.41, 5.74) is 5.44. The molecular formula is C21H22O2. The molecule has 23 heavy (non-hydrogen) atoms. The molecule has 0 radical (unpaired) electrons. The number of aryl methyl sites for hydroxylation is 2. The number of hydrogen-bond donors (Lipinski definition) is 0. The van der Waals surface area contributed by atoms with Gasteiger partial charge in [0, 0.05) is 11.1 Å². The van der Waals surface area contributed by atoms with Crippen LogP contribution in [0.4, 0.5) is 0 Å². The summed E-state index contributed by atoms with van der Waals surface area (Å²) in [5.74, 6) is -0.0925. The molecule has 2 aromatic rings. The molecule has 2 aromatic carbocycles. The molecule has 0 aliphatic heterocycles. The van der Waals surface area contributed by atoms with Crippen molar-refractivity contribution in [1.82, 2.24) is 0 Å². The van der Waals surface area contributed by atoms with Crippen LogP contribution in [0.5, 0.6) is 0 Å². The summed E-state index contributed by atoms with van der Waals surface area (Å²) in [5, 5.41) is 0. The van der Waals surface area contributed by atoms with Crippen LogP contribution < -0.4 is 0 Å². The van der Waals surface area contributed by atoms with E-state index in [-0.39, 0.29) is 11.6 Å². The van der Waals surface area contributed by atoms with Crippen LogP contribution in [-0.4, -0.2) is 11.6 Å². The van der Waals surface area contributed by atoms with Crippen LogP contribution in [0.25, 0.3) is 0 Å². The number of hydrogen-bond acceptors (Lipinski definition) is 2. The maximum Gasteiger partial charge on any atom is 0.181 e. The van der Waals surface area contributed by atoms with Crippen LogP contribution in [0.2, 0.25) is 0 Å². The van der Waals surface area contributed by atoms with Gasteiger partial charge in [0.15, 0.2) is 11.6 Å². The average Bonchev–Trinajstić information content (AvgIpc) is 2.76. The number of fused-ring (bicyclic) bond motifs is 1. The Morgan fingerprint density at radius 1 is 0.826 bits per heavy atom. The number of carbonyl (C=O) groups excluding carboxylic acids is 2. The zero-order chi connectivity index (χ0) is 16.9.